The maximum absolute atomic E-state index is 13.0. The summed E-state index contributed by atoms with van der Waals surface area (Å²) in [4.78, 5) is 0.174. The lowest BCUT2D eigenvalue weighted by atomic mass is 10.2. The number of aromatic nitrogens is 1. The second-order valence-electron chi connectivity index (χ2n) is 5.03. The summed E-state index contributed by atoms with van der Waals surface area (Å²) < 4.78 is 27.3. The number of nitrogens with zero attached hydrogens (tertiary/aromatic N) is 1. The number of thiophene rings is 1. The zero-order chi connectivity index (χ0) is 16.4. The van der Waals surface area contributed by atoms with Crippen LogP contribution >= 0.6 is 22.9 Å². The van der Waals surface area contributed by atoms with Gasteiger partial charge in [0.05, 0.1) is 10.6 Å². The Kier molecular flexibility index (Phi) is 4.59. The van der Waals surface area contributed by atoms with Crippen molar-refractivity contribution in [3.8, 4) is 11.3 Å². The average molecular weight is 367 g/mol. The molecule has 0 spiro atoms. The van der Waals surface area contributed by atoms with Gasteiger partial charge in [0.2, 0.25) is 0 Å². The Morgan fingerprint density at radius 3 is 2.74 bits per heavy atom. The van der Waals surface area contributed by atoms with Gasteiger partial charge in [-0.1, -0.05) is 17.7 Å². The van der Waals surface area contributed by atoms with Crippen molar-refractivity contribution in [3.63, 3.8) is 0 Å². The van der Waals surface area contributed by atoms with Gasteiger partial charge in [0.15, 0.2) is 0 Å². The molecule has 2 heterocycles. The van der Waals surface area contributed by atoms with Crippen LogP contribution in [0, 0.1) is 0 Å². The van der Waals surface area contributed by atoms with Gasteiger partial charge >= 0.3 is 0 Å². The lowest BCUT2D eigenvalue weighted by Crippen LogP contribution is -2.13. The molecule has 7 heteroatoms. The third kappa shape index (κ3) is 3.21. The molecule has 1 N–H and O–H groups in total. The predicted molar refractivity (Wildman–Crippen MR) is 94.5 cm³/mol. The summed E-state index contributed by atoms with van der Waals surface area (Å²) in [5, 5.41) is 7.30. The van der Waals surface area contributed by atoms with E-state index in [1.165, 1.54) is 21.4 Å². The first-order valence-corrected chi connectivity index (χ1v) is 9.68. The largest absolute Gasteiger partial charge is 0.316 e. The van der Waals surface area contributed by atoms with Crippen LogP contribution in [0.5, 0.6) is 0 Å². The molecule has 120 valence electrons. The molecule has 0 saturated carbocycles. The zero-order valence-electron chi connectivity index (χ0n) is 12.4. The van der Waals surface area contributed by atoms with Crippen molar-refractivity contribution in [1.29, 1.82) is 0 Å². The fraction of sp³-hybridized carbons (Fsp3) is 0.125. The second-order valence-corrected chi connectivity index (χ2v) is 8.07. The molecule has 3 aromatic rings. The zero-order valence-corrected chi connectivity index (χ0v) is 14.8. The molecule has 0 fully saturated rings. The van der Waals surface area contributed by atoms with E-state index in [4.69, 9.17) is 11.6 Å². The van der Waals surface area contributed by atoms with E-state index >= 15 is 0 Å². The molecule has 0 radical (unpaired) electrons. The predicted octanol–water partition coefficient (Wildman–Crippen LogP) is 3.83. The Balaban J connectivity index is 2.18. The molecule has 0 amide bonds. The van der Waals surface area contributed by atoms with E-state index < -0.39 is 10.0 Å². The molecule has 0 aliphatic heterocycles. The number of halogens is 1. The minimum Gasteiger partial charge on any atom is -0.316 e. The number of hydrogen-bond donors (Lipinski definition) is 1. The molecule has 1 aromatic carbocycles. The normalized spacial score (nSPS) is 11.7. The first kappa shape index (κ1) is 16.3. The SMILES string of the molecule is CNCc1cc(-c2ccsc2)n(S(=O)(=O)c2cccc(Cl)c2)c1. The van der Waals surface area contributed by atoms with E-state index in [9.17, 15) is 8.42 Å². The molecule has 0 atom stereocenters. The molecule has 23 heavy (non-hydrogen) atoms. The molecular formula is C16H15ClN2O2S2. The first-order chi connectivity index (χ1) is 11.0. The van der Waals surface area contributed by atoms with Crippen LogP contribution in [0.25, 0.3) is 11.3 Å². The van der Waals surface area contributed by atoms with E-state index in [1.807, 2.05) is 29.9 Å². The standard InChI is InChI=1S/C16H15ClN2O2S2/c1-18-9-12-7-16(13-5-6-22-11-13)19(10-12)23(20,21)15-4-2-3-14(17)8-15/h2-8,10-11,18H,9H2,1H3. The van der Waals surface area contributed by atoms with Crippen LogP contribution in [0.3, 0.4) is 0 Å². The van der Waals surface area contributed by atoms with E-state index in [2.05, 4.69) is 5.32 Å². The van der Waals surface area contributed by atoms with Crippen molar-refractivity contribution in [2.45, 2.75) is 11.4 Å². The first-order valence-electron chi connectivity index (χ1n) is 6.92. The number of hydrogen-bond acceptors (Lipinski definition) is 4. The second kappa shape index (κ2) is 6.49. The summed E-state index contributed by atoms with van der Waals surface area (Å²) in [5.74, 6) is 0. The van der Waals surface area contributed by atoms with Gasteiger partial charge in [0.25, 0.3) is 10.0 Å². The van der Waals surface area contributed by atoms with Crippen LogP contribution in [0.15, 0.2) is 58.3 Å². The van der Waals surface area contributed by atoms with E-state index in [-0.39, 0.29) is 4.90 Å². The van der Waals surface area contributed by atoms with Gasteiger partial charge in [-0.15, -0.1) is 0 Å². The van der Waals surface area contributed by atoms with Gasteiger partial charge in [-0.3, -0.25) is 0 Å². The maximum Gasteiger partial charge on any atom is 0.268 e. The number of benzene rings is 1. The van der Waals surface area contributed by atoms with Gasteiger partial charge in [-0.05, 0) is 48.3 Å². The maximum atomic E-state index is 13.0. The highest BCUT2D eigenvalue weighted by molar-refractivity contribution is 7.90. The Labute approximate surface area is 144 Å². The van der Waals surface area contributed by atoms with Crippen LogP contribution in [0.2, 0.25) is 5.02 Å². The number of rotatable bonds is 5. The highest BCUT2D eigenvalue weighted by atomic mass is 35.5. The van der Waals surface area contributed by atoms with E-state index in [1.54, 1.807) is 24.4 Å². The summed E-state index contributed by atoms with van der Waals surface area (Å²) in [7, 11) is -1.88. The van der Waals surface area contributed by atoms with Crippen molar-refractivity contribution in [1.82, 2.24) is 9.29 Å². The fourth-order valence-corrected chi connectivity index (χ4v) is 4.71. The van der Waals surface area contributed by atoms with Crippen LogP contribution in [0.4, 0.5) is 0 Å². The molecule has 2 aromatic heterocycles. The van der Waals surface area contributed by atoms with Gasteiger partial charge in [-0.25, -0.2) is 12.4 Å². The molecule has 0 unspecified atom stereocenters. The Morgan fingerprint density at radius 2 is 2.09 bits per heavy atom. The lowest BCUT2D eigenvalue weighted by molar-refractivity contribution is 0.588. The van der Waals surface area contributed by atoms with Gasteiger partial charge in [0.1, 0.15) is 0 Å². The van der Waals surface area contributed by atoms with Crippen LogP contribution in [0.1, 0.15) is 5.56 Å². The van der Waals surface area contributed by atoms with Gasteiger partial charge < -0.3 is 5.32 Å². The molecule has 4 nitrogen and oxygen atoms in total. The highest BCUT2D eigenvalue weighted by Crippen LogP contribution is 2.29. The topological polar surface area (TPSA) is 51.1 Å². The van der Waals surface area contributed by atoms with Crippen LogP contribution < -0.4 is 5.32 Å². The number of nitrogens with one attached hydrogen (secondary N) is 1. The summed E-state index contributed by atoms with van der Waals surface area (Å²) in [6.07, 6.45) is 1.65. The van der Waals surface area contributed by atoms with Gasteiger partial charge in [-0.2, -0.15) is 11.3 Å². The van der Waals surface area contributed by atoms with E-state index in [0.29, 0.717) is 17.3 Å². The van der Waals surface area contributed by atoms with E-state index in [0.717, 1.165) is 11.1 Å². The molecule has 3 rings (SSSR count). The minimum atomic E-state index is -3.71. The summed E-state index contributed by atoms with van der Waals surface area (Å²) in [5.41, 5.74) is 2.43. The summed E-state index contributed by atoms with van der Waals surface area (Å²) in [6.45, 7) is 0.592. The Bertz CT molecular complexity index is 915. The lowest BCUT2D eigenvalue weighted by Gasteiger charge is -2.10. The quantitative estimate of drug-likeness (QED) is 0.746. The van der Waals surface area contributed by atoms with Crippen LogP contribution in [-0.2, 0) is 16.6 Å². The molecule has 0 aliphatic rings. The summed E-state index contributed by atoms with van der Waals surface area (Å²) in [6, 6.07) is 10.1. The average Bonchev–Trinajstić information content (AvgIpc) is 3.16. The summed E-state index contributed by atoms with van der Waals surface area (Å²) >= 11 is 7.48. The van der Waals surface area contributed by atoms with Crippen molar-refractivity contribution >= 4 is 33.0 Å². The monoisotopic (exact) mass is 366 g/mol. The smallest absolute Gasteiger partial charge is 0.268 e. The van der Waals surface area contributed by atoms with Crippen molar-refractivity contribution < 1.29 is 8.42 Å². The third-order valence-electron chi connectivity index (χ3n) is 3.39. The molecule has 0 bridgehead atoms. The Morgan fingerprint density at radius 1 is 1.26 bits per heavy atom. The molecule has 0 aliphatic carbocycles. The molecular weight excluding hydrogens is 352 g/mol. The fourth-order valence-electron chi connectivity index (χ4n) is 2.36. The Hall–Kier alpha value is -1.60. The van der Waals surface area contributed by atoms with Crippen LogP contribution in [-0.4, -0.2) is 19.4 Å². The van der Waals surface area contributed by atoms with Crippen molar-refractivity contribution in [2.75, 3.05) is 7.05 Å². The van der Waals surface area contributed by atoms with Gasteiger partial charge in [0, 0.05) is 28.7 Å². The third-order valence-corrected chi connectivity index (χ3v) is 5.98. The molecule has 0 saturated heterocycles. The minimum absolute atomic E-state index is 0.174. The highest BCUT2D eigenvalue weighted by Gasteiger charge is 2.22. The van der Waals surface area contributed by atoms with Crippen molar-refractivity contribution in [2.24, 2.45) is 0 Å². The van der Waals surface area contributed by atoms with Crippen molar-refractivity contribution in [3.05, 3.63) is 63.9 Å².